The van der Waals surface area contributed by atoms with E-state index < -0.39 is 0 Å². The summed E-state index contributed by atoms with van der Waals surface area (Å²) in [5.41, 5.74) is 2.86. The number of amides is 1. The first-order chi connectivity index (χ1) is 14.7. The van der Waals surface area contributed by atoms with E-state index in [9.17, 15) is 4.79 Å². The Balaban J connectivity index is 1.47. The molecule has 1 amide bonds. The largest absolute Gasteiger partial charge is 0.472 e. The average molecular weight is 410 g/mol. The van der Waals surface area contributed by atoms with Crippen molar-refractivity contribution in [1.29, 1.82) is 0 Å². The monoisotopic (exact) mass is 409 g/mol. The van der Waals surface area contributed by atoms with Crippen LogP contribution in [0.1, 0.15) is 60.6 Å². The van der Waals surface area contributed by atoms with E-state index in [1.165, 1.54) is 38.4 Å². The third-order valence-corrected chi connectivity index (χ3v) is 6.80. The van der Waals surface area contributed by atoms with Gasteiger partial charge >= 0.3 is 0 Å². The van der Waals surface area contributed by atoms with Gasteiger partial charge in [-0.05, 0) is 44.1 Å². The van der Waals surface area contributed by atoms with Crippen LogP contribution >= 0.6 is 0 Å². The molecule has 7 heteroatoms. The van der Waals surface area contributed by atoms with Crippen molar-refractivity contribution in [3.05, 3.63) is 35.4 Å². The van der Waals surface area contributed by atoms with Gasteiger partial charge in [0.1, 0.15) is 12.1 Å². The Morgan fingerprint density at radius 1 is 1.03 bits per heavy atom. The number of hydrogen-bond acceptors (Lipinski definition) is 6. The topological polar surface area (TPSA) is 65.7 Å². The maximum Gasteiger partial charge on any atom is 0.257 e. The molecule has 0 aliphatic carbocycles. The number of nitrogens with zero attached hydrogens (tertiary/aromatic N) is 5. The van der Waals surface area contributed by atoms with Crippen molar-refractivity contribution in [3.8, 4) is 0 Å². The van der Waals surface area contributed by atoms with Crippen LogP contribution in [0.3, 0.4) is 0 Å². The normalized spacial score (nSPS) is 20.4. The Hall–Kier alpha value is -2.57. The number of anilines is 2. The van der Waals surface area contributed by atoms with Crippen molar-refractivity contribution in [2.45, 2.75) is 52.0 Å². The smallest absolute Gasteiger partial charge is 0.257 e. The van der Waals surface area contributed by atoms with E-state index >= 15 is 0 Å². The first-order valence-corrected chi connectivity index (χ1v) is 11.4. The zero-order valence-electron chi connectivity index (χ0n) is 17.8. The summed E-state index contributed by atoms with van der Waals surface area (Å²) < 4.78 is 5.12. The van der Waals surface area contributed by atoms with Gasteiger partial charge in [0, 0.05) is 44.7 Å². The zero-order chi connectivity index (χ0) is 20.5. The predicted molar refractivity (Wildman–Crippen MR) is 116 cm³/mol. The lowest BCUT2D eigenvalue weighted by molar-refractivity contribution is 0.0733. The molecule has 2 aromatic heterocycles. The van der Waals surface area contributed by atoms with Crippen LogP contribution in [0.5, 0.6) is 0 Å². The molecule has 2 saturated heterocycles. The first-order valence-electron chi connectivity index (χ1n) is 11.4. The number of aromatic nitrogens is 2. The van der Waals surface area contributed by atoms with E-state index in [-0.39, 0.29) is 5.91 Å². The van der Waals surface area contributed by atoms with E-state index in [1.807, 2.05) is 4.90 Å². The molecule has 2 aromatic rings. The van der Waals surface area contributed by atoms with Crippen molar-refractivity contribution in [3.63, 3.8) is 0 Å². The lowest BCUT2D eigenvalue weighted by Gasteiger charge is -2.37. The Labute approximate surface area is 178 Å². The molecule has 3 aliphatic rings. The van der Waals surface area contributed by atoms with Gasteiger partial charge in [-0.2, -0.15) is 4.98 Å². The van der Waals surface area contributed by atoms with E-state index in [2.05, 4.69) is 16.7 Å². The summed E-state index contributed by atoms with van der Waals surface area (Å²) in [5, 5.41) is 0. The highest BCUT2D eigenvalue weighted by molar-refractivity contribution is 5.94. The fraction of sp³-hybridized carbons (Fsp3) is 0.609. The van der Waals surface area contributed by atoms with Gasteiger partial charge in [0.25, 0.3) is 5.91 Å². The van der Waals surface area contributed by atoms with Gasteiger partial charge in [-0.1, -0.05) is 6.92 Å². The third-order valence-electron chi connectivity index (χ3n) is 6.80. The maximum atomic E-state index is 12.9. The van der Waals surface area contributed by atoms with E-state index in [4.69, 9.17) is 14.4 Å². The molecule has 0 spiro atoms. The quantitative estimate of drug-likeness (QED) is 0.773. The van der Waals surface area contributed by atoms with Crippen LogP contribution in [0, 0.1) is 5.92 Å². The highest BCUT2D eigenvalue weighted by Gasteiger charge is 2.30. The zero-order valence-corrected chi connectivity index (χ0v) is 17.8. The van der Waals surface area contributed by atoms with Crippen molar-refractivity contribution in [2.75, 3.05) is 42.5 Å². The second-order valence-corrected chi connectivity index (χ2v) is 8.98. The number of furan rings is 1. The van der Waals surface area contributed by atoms with Crippen LogP contribution in [0.4, 0.5) is 11.8 Å². The molecule has 2 fully saturated rings. The highest BCUT2D eigenvalue weighted by Crippen LogP contribution is 2.32. The molecule has 5 heterocycles. The molecule has 7 nitrogen and oxygen atoms in total. The SMILES string of the molecule is CC1CCN(c2nc(N3CCCCC3)nc3c2CN(C(=O)c2ccoc2)CC3)CC1. The van der Waals surface area contributed by atoms with Crippen LogP contribution in [0.25, 0.3) is 0 Å². The van der Waals surface area contributed by atoms with Crippen LogP contribution in [0.2, 0.25) is 0 Å². The van der Waals surface area contributed by atoms with Crippen LogP contribution in [-0.4, -0.2) is 53.5 Å². The lowest BCUT2D eigenvalue weighted by atomic mass is 9.98. The van der Waals surface area contributed by atoms with E-state index in [1.54, 1.807) is 12.3 Å². The fourth-order valence-corrected chi connectivity index (χ4v) is 4.84. The molecular formula is C23H31N5O2. The fourth-order valence-electron chi connectivity index (χ4n) is 4.84. The molecule has 30 heavy (non-hydrogen) atoms. The Kier molecular flexibility index (Phi) is 5.35. The predicted octanol–water partition coefficient (Wildman–Crippen LogP) is 3.49. The maximum absolute atomic E-state index is 12.9. The molecule has 160 valence electrons. The van der Waals surface area contributed by atoms with Gasteiger partial charge in [-0.15, -0.1) is 0 Å². The molecule has 0 radical (unpaired) electrons. The van der Waals surface area contributed by atoms with Crippen molar-refractivity contribution >= 4 is 17.7 Å². The summed E-state index contributed by atoms with van der Waals surface area (Å²) in [6, 6.07) is 1.74. The summed E-state index contributed by atoms with van der Waals surface area (Å²) in [5.74, 6) is 2.72. The van der Waals surface area contributed by atoms with Crippen LogP contribution in [0.15, 0.2) is 23.0 Å². The van der Waals surface area contributed by atoms with E-state index in [0.717, 1.165) is 61.5 Å². The van der Waals surface area contributed by atoms with Crippen molar-refractivity contribution < 1.29 is 9.21 Å². The molecule has 3 aliphatic heterocycles. The molecule has 5 rings (SSSR count). The van der Waals surface area contributed by atoms with Crippen LogP contribution in [-0.2, 0) is 13.0 Å². The second-order valence-electron chi connectivity index (χ2n) is 8.98. The molecule has 0 aromatic carbocycles. The minimum atomic E-state index is 0.0210. The highest BCUT2D eigenvalue weighted by atomic mass is 16.3. The summed E-state index contributed by atoms with van der Waals surface area (Å²) in [6.07, 6.45) is 9.96. The molecule has 0 unspecified atom stereocenters. The summed E-state index contributed by atoms with van der Waals surface area (Å²) >= 11 is 0. The molecule has 0 saturated carbocycles. The summed E-state index contributed by atoms with van der Waals surface area (Å²) in [4.78, 5) is 29.7. The molecule has 0 atom stereocenters. The van der Waals surface area contributed by atoms with Gasteiger partial charge in [-0.3, -0.25) is 4.79 Å². The number of rotatable bonds is 3. The third kappa shape index (κ3) is 3.77. The first kappa shape index (κ1) is 19.4. The van der Waals surface area contributed by atoms with Gasteiger partial charge in [0.05, 0.1) is 24.1 Å². The number of carbonyl (C=O) groups excluding carboxylic acids is 1. The summed E-state index contributed by atoms with van der Waals surface area (Å²) in [7, 11) is 0. The van der Waals surface area contributed by atoms with Gasteiger partial charge in [0.15, 0.2) is 0 Å². The standard InChI is InChI=1S/C23H31N5O2/c1-17-5-11-26(12-6-17)21-19-15-28(22(29)18-8-14-30-16-18)13-7-20(19)24-23(25-21)27-9-3-2-4-10-27/h8,14,16-17H,2-7,9-13,15H2,1H3. The second kappa shape index (κ2) is 8.28. The minimum Gasteiger partial charge on any atom is -0.472 e. The van der Waals surface area contributed by atoms with Gasteiger partial charge < -0.3 is 19.1 Å². The van der Waals surface area contributed by atoms with Gasteiger partial charge in [-0.25, -0.2) is 4.98 Å². The number of piperidine rings is 2. The van der Waals surface area contributed by atoms with Crippen LogP contribution < -0.4 is 9.80 Å². The Morgan fingerprint density at radius 2 is 1.83 bits per heavy atom. The van der Waals surface area contributed by atoms with E-state index in [0.29, 0.717) is 18.7 Å². The number of hydrogen-bond donors (Lipinski definition) is 0. The van der Waals surface area contributed by atoms with Gasteiger partial charge in [0.2, 0.25) is 5.95 Å². The van der Waals surface area contributed by atoms with Crippen molar-refractivity contribution in [2.24, 2.45) is 5.92 Å². The Morgan fingerprint density at radius 3 is 2.57 bits per heavy atom. The molecular weight excluding hydrogens is 378 g/mol. The minimum absolute atomic E-state index is 0.0210. The summed E-state index contributed by atoms with van der Waals surface area (Å²) in [6.45, 7) is 7.72. The molecule has 0 bridgehead atoms. The van der Waals surface area contributed by atoms with Crippen molar-refractivity contribution in [1.82, 2.24) is 14.9 Å². The Bertz CT molecular complexity index is 883. The number of fused-ring (bicyclic) bond motifs is 1. The number of carbonyl (C=O) groups is 1. The molecule has 0 N–H and O–H groups in total. The average Bonchev–Trinajstić information content (AvgIpc) is 3.34. The lowest BCUT2D eigenvalue weighted by Crippen LogP contribution is -2.40.